The summed E-state index contributed by atoms with van der Waals surface area (Å²) in [6, 6.07) is 9.89. The Hall–Kier alpha value is -1.82. The van der Waals surface area contributed by atoms with Gasteiger partial charge in [0.05, 0.1) is 18.4 Å². The van der Waals surface area contributed by atoms with Crippen LogP contribution in [-0.2, 0) is 4.79 Å². The Bertz CT molecular complexity index is 473. The molecule has 17 heavy (non-hydrogen) atoms. The van der Waals surface area contributed by atoms with E-state index in [2.05, 4.69) is 19.9 Å². The van der Waals surface area contributed by atoms with Gasteiger partial charge in [-0.15, -0.1) is 0 Å². The summed E-state index contributed by atoms with van der Waals surface area (Å²) in [4.78, 5) is 14.1. The third-order valence-electron chi connectivity index (χ3n) is 3.01. The van der Waals surface area contributed by atoms with Crippen molar-refractivity contribution in [3.63, 3.8) is 0 Å². The quantitative estimate of drug-likeness (QED) is 0.798. The monoisotopic (exact) mass is 228 g/mol. The number of benzene rings is 1. The SMILES string of the molecule is CC(C)CN1C(=O)[C@@H](CC#N)c2ccccc21. The molecule has 0 aliphatic carbocycles. The summed E-state index contributed by atoms with van der Waals surface area (Å²) in [5.74, 6) is 0.226. The molecule has 0 radical (unpaired) electrons. The van der Waals surface area contributed by atoms with Gasteiger partial charge in [-0.2, -0.15) is 5.26 Å². The highest BCUT2D eigenvalue weighted by Crippen LogP contribution is 2.39. The largest absolute Gasteiger partial charge is 0.311 e. The van der Waals surface area contributed by atoms with Gasteiger partial charge < -0.3 is 4.90 Å². The zero-order valence-electron chi connectivity index (χ0n) is 10.2. The van der Waals surface area contributed by atoms with Gasteiger partial charge >= 0.3 is 0 Å². The van der Waals surface area contributed by atoms with E-state index in [1.807, 2.05) is 29.2 Å². The van der Waals surface area contributed by atoms with Crippen molar-refractivity contribution in [2.45, 2.75) is 26.2 Å². The van der Waals surface area contributed by atoms with E-state index < -0.39 is 0 Å². The molecule has 1 aliphatic heterocycles. The van der Waals surface area contributed by atoms with Crippen molar-refractivity contribution in [3.05, 3.63) is 29.8 Å². The highest BCUT2D eigenvalue weighted by atomic mass is 16.2. The van der Waals surface area contributed by atoms with Crippen LogP contribution in [0.2, 0.25) is 0 Å². The van der Waals surface area contributed by atoms with Gasteiger partial charge in [0.25, 0.3) is 0 Å². The van der Waals surface area contributed by atoms with Gasteiger partial charge in [0.1, 0.15) is 0 Å². The minimum Gasteiger partial charge on any atom is -0.311 e. The maximum absolute atomic E-state index is 12.3. The normalized spacial score (nSPS) is 18.4. The lowest BCUT2D eigenvalue weighted by molar-refractivity contribution is -0.119. The first kappa shape index (κ1) is 11.7. The first-order chi connectivity index (χ1) is 8.15. The maximum atomic E-state index is 12.3. The first-order valence-electron chi connectivity index (χ1n) is 5.92. The molecule has 88 valence electrons. The number of anilines is 1. The molecule has 2 rings (SSSR count). The van der Waals surface area contributed by atoms with E-state index in [0.717, 1.165) is 17.8 Å². The summed E-state index contributed by atoms with van der Waals surface area (Å²) in [7, 11) is 0. The third kappa shape index (κ3) is 2.03. The molecule has 1 aromatic carbocycles. The van der Waals surface area contributed by atoms with Crippen LogP contribution in [0.25, 0.3) is 0 Å². The molecule has 0 saturated carbocycles. The molecule has 1 aliphatic rings. The van der Waals surface area contributed by atoms with Crippen molar-refractivity contribution in [2.75, 3.05) is 11.4 Å². The molecule has 1 atom stereocenters. The minimum atomic E-state index is -0.269. The van der Waals surface area contributed by atoms with Crippen LogP contribution in [0.3, 0.4) is 0 Å². The Balaban J connectivity index is 2.38. The highest BCUT2D eigenvalue weighted by Gasteiger charge is 2.36. The second-order valence-electron chi connectivity index (χ2n) is 4.82. The van der Waals surface area contributed by atoms with Crippen LogP contribution < -0.4 is 4.90 Å². The lowest BCUT2D eigenvalue weighted by Gasteiger charge is -2.19. The molecule has 0 N–H and O–H groups in total. The summed E-state index contributed by atoms with van der Waals surface area (Å²) in [6.45, 7) is 4.90. The average molecular weight is 228 g/mol. The van der Waals surface area contributed by atoms with Crippen LogP contribution >= 0.6 is 0 Å². The number of amides is 1. The smallest absolute Gasteiger partial charge is 0.235 e. The lowest BCUT2D eigenvalue weighted by Crippen LogP contribution is -2.32. The molecule has 3 nitrogen and oxygen atoms in total. The summed E-state index contributed by atoms with van der Waals surface area (Å²) < 4.78 is 0. The van der Waals surface area contributed by atoms with E-state index in [0.29, 0.717) is 5.92 Å². The van der Waals surface area contributed by atoms with E-state index in [1.165, 1.54) is 0 Å². The van der Waals surface area contributed by atoms with Gasteiger partial charge in [0.2, 0.25) is 5.91 Å². The Labute approximate surface area is 102 Å². The van der Waals surface area contributed by atoms with E-state index >= 15 is 0 Å². The van der Waals surface area contributed by atoms with E-state index in [-0.39, 0.29) is 18.2 Å². The number of fused-ring (bicyclic) bond motifs is 1. The van der Waals surface area contributed by atoms with Gasteiger partial charge in [-0.3, -0.25) is 4.79 Å². The topological polar surface area (TPSA) is 44.1 Å². The standard InChI is InChI=1S/C14H16N2O/c1-10(2)9-16-13-6-4-3-5-11(13)12(7-8-15)14(16)17/h3-6,10,12H,7,9H2,1-2H3/t12-/m0/s1. The fraction of sp³-hybridized carbons (Fsp3) is 0.429. The number of hydrogen-bond donors (Lipinski definition) is 0. The van der Waals surface area contributed by atoms with Gasteiger partial charge in [0.15, 0.2) is 0 Å². The number of para-hydroxylation sites is 1. The van der Waals surface area contributed by atoms with Crippen molar-refractivity contribution in [1.29, 1.82) is 5.26 Å². The second kappa shape index (κ2) is 4.58. The number of nitriles is 1. The Morgan fingerprint density at radius 3 is 2.76 bits per heavy atom. The number of carbonyl (C=O) groups excluding carboxylic acids is 1. The highest BCUT2D eigenvalue weighted by molar-refractivity contribution is 6.05. The van der Waals surface area contributed by atoms with Gasteiger partial charge in [-0.1, -0.05) is 32.0 Å². The fourth-order valence-corrected chi connectivity index (χ4v) is 2.31. The van der Waals surface area contributed by atoms with Crippen LogP contribution in [0.15, 0.2) is 24.3 Å². The summed E-state index contributed by atoms with van der Waals surface area (Å²) in [5, 5.41) is 8.82. The Morgan fingerprint density at radius 2 is 2.12 bits per heavy atom. The zero-order valence-corrected chi connectivity index (χ0v) is 10.2. The van der Waals surface area contributed by atoms with Gasteiger partial charge in [-0.05, 0) is 17.5 Å². The van der Waals surface area contributed by atoms with E-state index in [4.69, 9.17) is 5.26 Å². The second-order valence-corrected chi connectivity index (χ2v) is 4.82. The molecule has 0 bridgehead atoms. The van der Waals surface area contributed by atoms with Crippen molar-refractivity contribution in [1.82, 2.24) is 0 Å². The predicted molar refractivity (Wildman–Crippen MR) is 66.6 cm³/mol. The predicted octanol–water partition coefficient (Wildman–Crippen LogP) is 2.69. The average Bonchev–Trinajstić information content (AvgIpc) is 2.55. The van der Waals surface area contributed by atoms with Crippen molar-refractivity contribution >= 4 is 11.6 Å². The molecule has 0 unspecified atom stereocenters. The lowest BCUT2D eigenvalue weighted by atomic mass is 9.98. The molecule has 1 amide bonds. The zero-order chi connectivity index (χ0) is 12.4. The summed E-state index contributed by atoms with van der Waals surface area (Å²) in [6.07, 6.45) is 0.268. The molecular formula is C14H16N2O. The van der Waals surface area contributed by atoms with Crippen molar-refractivity contribution < 1.29 is 4.79 Å². The van der Waals surface area contributed by atoms with E-state index in [9.17, 15) is 4.79 Å². The number of rotatable bonds is 3. The van der Waals surface area contributed by atoms with Crippen LogP contribution in [0.5, 0.6) is 0 Å². The molecular weight excluding hydrogens is 212 g/mol. The molecule has 0 fully saturated rings. The first-order valence-corrected chi connectivity index (χ1v) is 5.92. The van der Waals surface area contributed by atoms with Gasteiger partial charge in [-0.25, -0.2) is 0 Å². The van der Waals surface area contributed by atoms with Crippen molar-refractivity contribution in [2.24, 2.45) is 5.92 Å². The van der Waals surface area contributed by atoms with Crippen LogP contribution in [0, 0.1) is 17.2 Å². The Kier molecular flexibility index (Phi) is 3.14. The number of nitrogens with zero attached hydrogens (tertiary/aromatic N) is 2. The van der Waals surface area contributed by atoms with Crippen LogP contribution in [0.4, 0.5) is 5.69 Å². The molecule has 0 saturated heterocycles. The number of hydrogen-bond acceptors (Lipinski definition) is 2. The molecule has 0 spiro atoms. The molecule has 1 heterocycles. The molecule has 0 aromatic heterocycles. The molecule has 1 aromatic rings. The summed E-state index contributed by atoms with van der Waals surface area (Å²) in [5.41, 5.74) is 1.98. The van der Waals surface area contributed by atoms with Crippen molar-refractivity contribution in [3.8, 4) is 6.07 Å². The van der Waals surface area contributed by atoms with Gasteiger partial charge in [0, 0.05) is 12.2 Å². The number of carbonyl (C=O) groups is 1. The van der Waals surface area contributed by atoms with Crippen LogP contribution in [-0.4, -0.2) is 12.5 Å². The summed E-state index contributed by atoms with van der Waals surface area (Å²) >= 11 is 0. The maximum Gasteiger partial charge on any atom is 0.235 e. The third-order valence-corrected chi connectivity index (χ3v) is 3.01. The fourth-order valence-electron chi connectivity index (χ4n) is 2.31. The van der Waals surface area contributed by atoms with E-state index in [1.54, 1.807) is 0 Å². The molecule has 3 heteroatoms. The minimum absolute atomic E-state index is 0.0708. The Morgan fingerprint density at radius 1 is 1.41 bits per heavy atom. The van der Waals surface area contributed by atoms with Crippen LogP contribution in [0.1, 0.15) is 31.7 Å².